The molecule has 0 saturated heterocycles. The molecule has 7 heteroatoms. The Morgan fingerprint density at radius 2 is 2.16 bits per heavy atom. The van der Waals surface area contributed by atoms with E-state index in [0.29, 0.717) is 12.4 Å². The second kappa shape index (κ2) is 11.5. The van der Waals surface area contributed by atoms with Crippen LogP contribution in [0.4, 0.5) is 0 Å². The number of nitrogens with zero attached hydrogens (tertiary/aromatic N) is 3. The Balaban J connectivity index is 0.00000312. The van der Waals surface area contributed by atoms with Gasteiger partial charge in [-0.2, -0.15) is 0 Å². The maximum absolute atomic E-state index is 5.68. The molecule has 1 aromatic heterocycles. The molecule has 1 aliphatic carbocycles. The molecular weight excluding hydrogens is 431 g/mol. The number of hydrogen-bond acceptors (Lipinski definition) is 4. The van der Waals surface area contributed by atoms with Crippen molar-refractivity contribution in [2.45, 2.75) is 39.3 Å². The van der Waals surface area contributed by atoms with Crippen LogP contribution >= 0.6 is 24.0 Å². The molecule has 6 nitrogen and oxygen atoms in total. The van der Waals surface area contributed by atoms with Crippen LogP contribution in [-0.4, -0.2) is 55.8 Å². The fourth-order valence-electron chi connectivity index (χ4n) is 2.23. The van der Waals surface area contributed by atoms with Crippen LogP contribution in [0.3, 0.4) is 0 Å². The van der Waals surface area contributed by atoms with Crippen molar-refractivity contribution in [1.82, 2.24) is 15.2 Å². The molecule has 0 radical (unpaired) electrons. The van der Waals surface area contributed by atoms with Crippen LogP contribution < -0.4 is 10.1 Å². The number of pyridine rings is 1. The third-order valence-corrected chi connectivity index (χ3v) is 3.80. The van der Waals surface area contributed by atoms with Crippen molar-refractivity contribution in [3.8, 4) is 5.88 Å². The quantitative estimate of drug-likeness (QED) is 0.265. The van der Waals surface area contributed by atoms with E-state index in [1.165, 1.54) is 12.8 Å². The molecule has 1 fully saturated rings. The molecule has 0 aliphatic heterocycles. The number of aromatic nitrogens is 1. The number of likely N-dealkylation sites (N-methyl/N-ethyl adjacent to an activating group) is 1. The largest absolute Gasteiger partial charge is 0.475 e. The van der Waals surface area contributed by atoms with Gasteiger partial charge >= 0.3 is 0 Å². The van der Waals surface area contributed by atoms with E-state index in [4.69, 9.17) is 9.47 Å². The first-order chi connectivity index (χ1) is 11.6. The van der Waals surface area contributed by atoms with E-state index >= 15 is 0 Å². The minimum atomic E-state index is 0. The molecule has 1 aliphatic rings. The molecule has 2 rings (SSSR count). The van der Waals surface area contributed by atoms with Gasteiger partial charge in [-0.25, -0.2) is 4.98 Å². The van der Waals surface area contributed by atoms with Crippen molar-refractivity contribution in [1.29, 1.82) is 0 Å². The summed E-state index contributed by atoms with van der Waals surface area (Å²) in [5.41, 5.74) is 1.09. The second-order valence-electron chi connectivity index (χ2n) is 6.51. The van der Waals surface area contributed by atoms with Crippen molar-refractivity contribution >= 4 is 29.9 Å². The Bertz CT molecular complexity index is 518. The molecule has 0 unspecified atom stereocenters. The molecule has 1 aromatic rings. The van der Waals surface area contributed by atoms with Crippen LogP contribution in [0.15, 0.2) is 23.3 Å². The summed E-state index contributed by atoms with van der Waals surface area (Å²) in [6.45, 7) is 7.12. The third kappa shape index (κ3) is 8.71. The highest BCUT2D eigenvalue weighted by Crippen LogP contribution is 2.28. The van der Waals surface area contributed by atoms with Crippen molar-refractivity contribution in [2.75, 3.05) is 33.9 Å². The first-order valence-corrected chi connectivity index (χ1v) is 8.69. The van der Waals surface area contributed by atoms with E-state index in [2.05, 4.69) is 20.2 Å². The third-order valence-electron chi connectivity index (χ3n) is 3.80. The summed E-state index contributed by atoms with van der Waals surface area (Å²) in [5.74, 6) is 2.32. The van der Waals surface area contributed by atoms with E-state index in [-0.39, 0.29) is 30.1 Å². The molecule has 0 amide bonds. The van der Waals surface area contributed by atoms with Crippen LogP contribution in [0, 0.1) is 5.92 Å². The zero-order valence-electron chi connectivity index (χ0n) is 15.7. The highest BCUT2D eigenvalue weighted by molar-refractivity contribution is 14.0. The van der Waals surface area contributed by atoms with Crippen LogP contribution in [-0.2, 0) is 11.3 Å². The lowest BCUT2D eigenvalue weighted by atomic mass is 10.3. The van der Waals surface area contributed by atoms with Crippen LogP contribution in [0.1, 0.15) is 32.3 Å². The van der Waals surface area contributed by atoms with Gasteiger partial charge in [-0.15, -0.1) is 24.0 Å². The minimum Gasteiger partial charge on any atom is -0.475 e. The summed E-state index contributed by atoms with van der Waals surface area (Å²) in [6.07, 6.45) is 4.62. The molecule has 1 saturated carbocycles. The van der Waals surface area contributed by atoms with Gasteiger partial charge in [-0.05, 0) is 38.2 Å². The van der Waals surface area contributed by atoms with Gasteiger partial charge in [0.25, 0.3) is 0 Å². The van der Waals surface area contributed by atoms with Crippen LogP contribution in [0.25, 0.3) is 0 Å². The fraction of sp³-hybridized carbons (Fsp3) is 0.667. The van der Waals surface area contributed by atoms with Gasteiger partial charge < -0.3 is 19.7 Å². The molecular formula is C18H31IN4O2. The molecule has 0 bridgehead atoms. The molecule has 1 heterocycles. The normalized spacial score (nSPS) is 14.2. The van der Waals surface area contributed by atoms with E-state index in [9.17, 15) is 0 Å². The highest BCUT2D eigenvalue weighted by atomic mass is 127. The minimum absolute atomic E-state index is 0. The first-order valence-electron chi connectivity index (χ1n) is 8.69. The lowest BCUT2D eigenvalue weighted by Gasteiger charge is -2.22. The predicted molar refractivity (Wildman–Crippen MR) is 112 cm³/mol. The van der Waals surface area contributed by atoms with Gasteiger partial charge in [0.1, 0.15) is 0 Å². The Morgan fingerprint density at radius 1 is 1.40 bits per heavy atom. The Kier molecular flexibility index (Phi) is 10.1. The zero-order chi connectivity index (χ0) is 17.4. The number of hydrogen-bond donors (Lipinski definition) is 1. The number of nitrogens with one attached hydrogen (secondary N) is 1. The summed E-state index contributed by atoms with van der Waals surface area (Å²) in [7, 11) is 3.81. The molecule has 0 atom stereocenters. The van der Waals surface area contributed by atoms with Gasteiger partial charge in [-0.1, -0.05) is 6.07 Å². The van der Waals surface area contributed by atoms with Crippen molar-refractivity contribution < 1.29 is 9.47 Å². The van der Waals surface area contributed by atoms with Crippen molar-refractivity contribution in [3.05, 3.63) is 23.9 Å². The summed E-state index contributed by atoms with van der Waals surface area (Å²) < 4.78 is 11.2. The maximum Gasteiger partial charge on any atom is 0.213 e. The van der Waals surface area contributed by atoms with E-state index in [0.717, 1.165) is 37.2 Å². The molecule has 25 heavy (non-hydrogen) atoms. The molecule has 1 N–H and O–H groups in total. The number of rotatable bonds is 9. The second-order valence-corrected chi connectivity index (χ2v) is 6.51. The van der Waals surface area contributed by atoms with Crippen molar-refractivity contribution in [2.24, 2.45) is 10.9 Å². The van der Waals surface area contributed by atoms with Gasteiger partial charge in [0.05, 0.1) is 12.7 Å². The van der Waals surface area contributed by atoms with Gasteiger partial charge in [-0.3, -0.25) is 4.99 Å². The van der Waals surface area contributed by atoms with Gasteiger partial charge in [0.15, 0.2) is 5.96 Å². The van der Waals surface area contributed by atoms with E-state index < -0.39 is 0 Å². The topological polar surface area (TPSA) is 59.0 Å². The SMILES string of the molecule is CN=C(NCc1ccc(OC(C)C)nc1)N(C)CCOCC1CC1.I. The fourth-order valence-corrected chi connectivity index (χ4v) is 2.23. The lowest BCUT2D eigenvalue weighted by molar-refractivity contribution is 0.115. The molecule has 0 spiro atoms. The Hall–Kier alpha value is -1.09. The predicted octanol–water partition coefficient (Wildman–Crippen LogP) is 2.92. The highest BCUT2D eigenvalue weighted by Gasteiger charge is 2.21. The zero-order valence-corrected chi connectivity index (χ0v) is 18.0. The number of halogens is 1. The summed E-state index contributed by atoms with van der Waals surface area (Å²) >= 11 is 0. The van der Waals surface area contributed by atoms with E-state index in [1.807, 2.05) is 39.2 Å². The average Bonchev–Trinajstić information content (AvgIpc) is 3.37. The lowest BCUT2D eigenvalue weighted by Crippen LogP contribution is -2.40. The molecule has 142 valence electrons. The smallest absolute Gasteiger partial charge is 0.213 e. The summed E-state index contributed by atoms with van der Waals surface area (Å²) in [4.78, 5) is 10.7. The maximum atomic E-state index is 5.68. The van der Waals surface area contributed by atoms with Crippen LogP contribution in [0.5, 0.6) is 5.88 Å². The van der Waals surface area contributed by atoms with Crippen molar-refractivity contribution in [3.63, 3.8) is 0 Å². The standard InChI is InChI=1S/C18H30N4O2.HI/c1-14(2)24-17-8-7-16(11-20-17)12-21-18(19-3)22(4)9-10-23-13-15-5-6-15;/h7-8,11,14-15H,5-6,9-10,12-13H2,1-4H3,(H,19,21);1H. The monoisotopic (exact) mass is 462 g/mol. The summed E-state index contributed by atoms with van der Waals surface area (Å²) in [6, 6.07) is 3.92. The number of ether oxygens (including phenoxy) is 2. The van der Waals surface area contributed by atoms with Gasteiger partial charge in [0.2, 0.25) is 5.88 Å². The number of guanidine groups is 1. The Morgan fingerprint density at radius 3 is 2.72 bits per heavy atom. The Labute approximate surface area is 168 Å². The number of aliphatic imine (C=N–C) groups is 1. The first kappa shape index (κ1) is 22.0. The average molecular weight is 462 g/mol. The van der Waals surface area contributed by atoms with Gasteiger partial charge in [0, 0.05) is 46.1 Å². The molecule has 0 aromatic carbocycles. The summed E-state index contributed by atoms with van der Waals surface area (Å²) in [5, 5.41) is 3.35. The van der Waals surface area contributed by atoms with E-state index in [1.54, 1.807) is 7.05 Å². The van der Waals surface area contributed by atoms with Crippen LogP contribution in [0.2, 0.25) is 0 Å².